The molecule has 29 heavy (non-hydrogen) atoms. The fourth-order valence-corrected chi connectivity index (χ4v) is 4.05. The van der Waals surface area contributed by atoms with Crippen molar-refractivity contribution in [3.8, 4) is 5.75 Å². The second-order valence-corrected chi connectivity index (χ2v) is 7.49. The number of carbonyl (C=O) groups is 1. The number of hydrogen-bond acceptors (Lipinski definition) is 4. The van der Waals surface area contributed by atoms with Gasteiger partial charge in [-0.05, 0) is 43.2 Å². The zero-order chi connectivity index (χ0) is 20.2. The molecule has 0 saturated heterocycles. The minimum atomic E-state index is -0.178. The van der Waals surface area contributed by atoms with Crippen LogP contribution in [0.1, 0.15) is 48.3 Å². The maximum Gasteiger partial charge on any atom is 0.258 e. The van der Waals surface area contributed by atoms with Gasteiger partial charge in [-0.2, -0.15) is 0 Å². The summed E-state index contributed by atoms with van der Waals surface area (Å²) < 4.78 is 5.28. The number of nitrogens with zero attached hydrogens (tertiary/aromatic N) is 2. The van der Waals surface area contributed by atoms with Crippen LogP contribution >= 0.6 is 0 Å². The molecule has 6 heteroatoms. The topological polar surface area (TPSA) is 75.3 Å². The Bertz CT molecular complexity index is 1070. The van der Waals surface area contributed by atoms with Gasteiger partial charge in [-0.15, -0.1) is 0 Å². The van der Waals surface area contributed by atoms with E-state index >= 15 is 0 Å². The average molecular weight is 391 g/mol. The Hall–Kier alpha value is -3.15. The number of methoxy groups -OCH3 is 1. The van der Waals surface area contributed by atoms with Crippen LogP contribution in [0.4, 0.5) is 0 Å². The van der Waals surface area contributed by atoms with Crippen LogP contribution in [0, 0.1) is 0 Å². The number of rotatable bonds is 5. The van der Waals surface area contributed by atoms with Crippen LogP contribution in [0.2, 0.25) is 0 Å². The molecule has 1 N–H and O–H groups in total. The highest BCUT2D eigenvalue weighted by Crippen LogP contribution is 2.26. The number of amides is 1. The molecule has 0 radical (unpaired) electrons. The molecule has 3 aromatic rings. The van der Waals surface area contributed by atoms with Crippen molar-refractivity contribution in [3.05, 3.63) is 70.3 Å². The van der Waals surface area contributed by atoms with Crippen molar-refractivity contribution in [1.29, 1.82) is 0 Å². The van der Waals surface area contributed by atoms with Gasteiger partial charge in [-0.3, -0.25) is 9.59 Å². The van der Waals surface area contributed by atoms with Crippen LogP contribution in [0.3, 0.4) is 0 Å². The Morgan fingerprint density at radius 2 is 1.93 bits per heavy atom. The lowest BCUT2D eigenvalue weighted by Crippen LogP contribution is -2.41. The van der Waals surface area contributed by atoms with E-state index in [2.05, 4.69) is 9.97 Å². The molecule has 0 aliphatic heterocycles. The van der Waals surface area contributed by atoms with E-state index < -0.39 is 0 Å². The van der Waals surface area contributed by atoms with E-state index in [-0.39, 0.29) is 24.1 Å². The lowest BCUT2D eigenvalue weighted by Gasteiger charge is -2.34. The van der Waals surface area contributed by atoms with Crippen molar-refractivity contribution in [3.63, 3.8) is 0 Å². The summed E-state index contributed by atoms with van der Waals surface area (Å²) in [7, 11) is 1.59. The number of fused-ring (bicyclic) bond motifs is 1. The van der Waals surface area contributed by atoms with E-state index in [0.717, 1.165) is 25.7 Å². The highest BCUT2D eigenvalue weighted by atomic mass is 16.5. The number of nitrogens with one attached hydrogen (secondary N) is 1. The molecule has 150 valence electrons. The van der Waals surface area contributed by atoms with Gasteiger partial charge in [0.05, 0.1) is 24.6 Å². The molecule has 1 aliphatic carbocycles. The molecule has 1 aliphatic rings. The standard InChI is InChI=1S/C23H25N3O3/c1-29-18-11-7-8-16(14-18)23(28)26(17-9-3-2-4-10-17)15-21-24-20-13-6-5-12-19(20)22(27)25-21/h5-8,11-14,17H,2-4,9-10,15H2,1H3,(H,24,25,27). The van der Waals surface area contributed by atoms with E-state index in [0.29, 0.717) is 28.0 Å². The van der Waals surface area contributed by atoms with Crippen LogP contribution < -0.4 is 10.3 Å². The molecule has 1 fully saturated rings. The van der Waals surface area contributed by atoms with E-state index in [1.54, 1.807) is 25.3 Å². The summed E-state index contributed by atoms with van der Waals surface area (Å²) in [5, 5.41) is 0.555. The van der Waals surface area contributed by atoms with Crippen molar-refractivity contribution < 1.29 is 9.53 Å². The maximum atomic E-state index is 13.4. The third kappa shape index (κ3) is 4.16. The van der Waals surface area contributed by atoms with E-state index in [1.807, 2.05) is 35.2 Å². The maximum absolute atomic E-state index is 13.4. The zero-order valence-electron chi connectivity index (χ0n) is 16.6. The van der Waals surface area contributed by atoms with Crippen LogP contribution in [0.15, 0.2) is 53.3 Å². The molecule has 4 rings (SSSR count). The highest BCUT2D eigenvalue weighted by molar-refractivity contribution is 5.94. The Labute approximate surface area is 169 Å². The third-order valence-corrected chi connectivity index (χ3v) is 5.58. The Kier molecular flexibility index (Phi) is 5.60. The molecule has 1 saturated carbocycles. The van der Waals surface area contributed by atoms with Gasteiger partial charge in [0.15, 0.2) is 0 Å². The van der Waals surface area contributed by atoms with Crippen LogP contribution in [-0.2, 0) is 6.54 Å². The summed E-state index contributed by atoms with van der Waals surface area (Å²) in [4.78, 5) is 35.2. The third-order valence-electron chi connectivity index (χ3n) is 5.58. The number of ether oxygens (including phenoxy) is 1. The van der Waals surface area contributed by atoms with Crippen LogP contribution in [0.25, 0.3) is 10.9 Å². The van der Waals surface area contributed by atoms with Crippen molar-refractivity contribution >= 4 is 16.8 Å². The van der Waals surface area contributed by atoms with Gasteiger partial charge < -0.3 is 14.6 Å². The largest absolute Gasteiger partial charge is 0.497 e. The minimum Gasteiger partial charge on any atom is -0.497 e. The van der Waals surface area contributed by atoms with Gasteiger partial charge in [0.1, 0.15) is 11.6 Å². The Balaban J connectivity index is 1.69. The van der Waals surface area contributed by atoms with Crippen molar-refractivity contribution in [2.24, 2.45) is 0 Å². The van der Waals surface area contributed by atoms with Gasteiger partial charge in [0, 0.05) is 11.6 Å². The van der Waals surface area contributed by atoms with Gasteiger partial charge in [-0.1, -0.05) is 37.5 Å². The first-order chi connectivity index (χ1) is 14.2. The number of hydrogen-bond donors (Lipinski definition) is 1. The van der Waals surface area contributed by atoms with Crippen LogP contribution in [-0.4, -0.2) is 33.9 Å². The molecular formula is C23H25N3O3. The zero-order valence-corrected chi connectivity index (χ0v) is 16.6. The Morgan fingerprint density at radius 3 is 2.72 bits per heavy atom. The molecule has 0 bridgehead atoms. The van der Waals surface area contributed by atoms with Gasteiger partial charge >= 0.3 is 0 Å². The molecular weight excluding hydrogens is 366 g/mol. The Morgan fingerprint density at radius 1 is 1.14 bits per heavy atom. The molecule has 6 nitrogen and oxygen atoms in total. The predicted octanol–water partition coefficient (Wildman–Crippen LogP) is 3.91. The lowest BCUT2D eigenvalue weighted by molar-refractivity contribution is 0.0607. The molecule has 0 unspecified atom stereocenters. The summed E-state index contributed by atoms with van der Waals surface area (Å²) in [5.41, 5.74) is 1.05. The van der Waals surface area contributed by atoms with Crippen molar-refractivity contribution in [1.82, 2.24) is 14.9 Å². The predicted molar refractivity (Wildman–Crippen MR) is 112 cm³/mol. The fraction of sp³-hybridized carbons (Fsp3) is 0.348. The number of para-hydroxylation sites is 1. The number of benzene rings is 2. The van der Waals surface area contributed by atoms with E-state index in [4.69, 9.17) is 4.74 Å². The smallest absolute Gasteiger partial charge is 0.258 e. The molecule has 1 aromatic heterocycles. The molecule has 1 amide bonds. The monoisotopic (exact) mass is 391 g/mol. The van der Waals surface area contributed by atoms with Crippen LogP contribution in [0.5, 0.6) is 5.75 Å². The SMILES string of the molecule is COc1cccc(C(=O)N(Cc2nc3ccccc3c(=O)[nH]2)C2CCCCC2)c1. The molecule has 0 spiro atoms. The number of aromatic nitrogens is 2. The first-order valence-electron chi connectivity index (χ1n) is 10.1. The molecule has 0 atom stereocenters. The first kappa shape index (κ1) is 19.2. The first-order valence-corrected chi connectivity index (χ1v) is 10.1. The lowest BCUT2D eigenvalue weighted by atomic mass is 9.93. The quantitative estimate of drug-likeness (QED) is 0.716. The van der Waals surface area contributed by atoms with E-state index in [9.17, 15) is 9.59 Å². The summed E-state index contributed by atoms with van der Waals surface area (Å²) in [6, 6.07) is 14.6. The van der Waals surface area contributed by atoms with Gasteiger partial charge in [0.25, 0.3) is 11.5 Å². The molecule has 2 aromatic carbocycles. The number of carbonyl (C=O) groups excluding carboxylic acids is 1. The summed E-state index contributed by atoms with van der Waals surface area (Å²) in [6.07, 6.45) is 5.34. The summed E-state index contributed by atoms with van der Waals surface area (Å²) >= 11 is 0. The summed E-state index contributed by atoms with van der Waals surface area (Å²) in [5.74, 6) is 1.10. The second-order valence-electron chi connectivity index (χ2n) is 7.49. The van der Waals surface area contributed by atoms with Crippen molar-refractivity contribution in [2.45, 2.75) is 44.7 Å². The highest BCUT2D eigenvalue weighted by Gasteiger charge is 2.27. The minimum absolute atomic E-state index is 0.0633. The average Bonchev–Trinajstić information content (AvgIpc) is 2.78. The normalized spacial score (nSPS) is 14.7. The fourth-order valence-electron chi connectivity index (χ4n) is 4.05. The van der Waals surface area contributed by atoms with Crippen molar-refractivity contribution in [2.75, 3.05) is 7.11 Å². The number of H-pyrrole nitrogens is 1. The second kappa shape index (κ2) is 8.47. The number of aromatic amines is 1. The van der Waals surface area contributed by atoms with E-state index in [1.165, 1.54) is 6.42 Å². The van der Waals surface area contributed by atoms with Gasteiger partial charge in [0.2, 0.25) is 0 Å². The summed E-state index contributed by atoms with van der Waals surface area (Å²) in [6.45, 7) is 0.279. The van der Waals surface area contributed by atoms with Gasteiger partial charge in [-0.25, -0.2) is 4.98 Å². The molecule has 1 heterocycles.